The Labute approximate surface area is 214 Å². The Balaban J connectivity index is 1.17. The van der Waals surface area contributed by atoms with Gasteiger partial charge in [-0.2, -0.15) is 0 Å². The Morgan fingerprint density at radius 2 is 2.03 bits per heavy atom. The molecule has 2 aromatic rings. The molecule has 5 rings (SSSR count). The number of aliphatic hydroxyl groups excluding tert-OH is 2. The van der Waals surface area contributed by atoms with E-state index in [0.29, 0.717) is 48.4 Å². The third kappa shape index (κ3) is 5.83. The van der Waals surface area contributed by atoms with Gasteiger partial charge in [0.05, 0.1) is 25.5 Å². The van der Waals surface area contributed by atoms with Crippen LogP contribution < -0.4 is 19.7 Å². The maximum atomic E-state index is 13.1. The molecule has 2 fully saturated rings. The van der Waals surface area contributed by atoms with E-state index in [-0.39, 0.29) is 31.4 Å². The lowest BCUT2D eigenvalue weighted by Crippen LogP contribution is -2.41. The largest absolute Gasteiger partial charge is 0.479 e. The fraction of sp³-hybridized carbons (Fsp3) is 0.462. The van der Waals surface area contributed by atoms with Crippen LogP contribution in [0.15, 0.2) is 36.5 Å². The number of amides is 3. The molecule has 1 saturated heterocycles. The van der Waals surface area contributed by atoms with E-state index in [9.17, 15) is 19.5 Å². The highest BCUT2D eigenvalue weighted by Gasteiger charge is 2.36. The molecule has 3 N–H and O–H groups in total. The zero-order chi connectivity index (χ0) is 25.9. The van der Waals surface area contributed by atoms with Crippen LogP contribution in [0.5, 0.6) is 11.6 Å². The molecule has 11 heteroatoms. The van der Waals surface area contributed by atoms with Crippen LogP contribution in [-0.2, 0) is 16.1 Å². The van der Waals surface area contributed by atoms with Gasteiger partial charge in [0.25, 0.3) is 11.8 Å². The predicted octanol–water partition coefficient (Wildman–Crippen LogP) is 0.480. The first-order valence-corrected chi connectivity index (χ1v) is 12.5. The Morgan fingerprint density at radius 3 is 2.76 bits per heavy atom. The number of pyridine rings is 1. The smallest absolute Gasteiger partial charge is 0.268 e. The Bertz CT molecular complexity index is 1170. The van der Waals surface area contributed by atoms with Gasteiger partial charge >= 0.3 is 0 Å². The summed E-state index contributed by atoms with van der Waals surface area (Å²) in [6, 6.07) is 8.75. The van der Waals surface area contributed by atoms with E-state index in [1.54, 1.807) is 41.4 Å². The number of anilines is 1. The average molecular weight is 511 g/mol. The minimum Gasteiger partial charge on any atom is -0.479 e. The molecule has 2 atom stereocenters. The number of aromatic nitrogens is 1. The monoisotopic (exact) mass is 510 g/mol. The number of carbonyl (C=O) groups excluding carboxylic acids is 3. The summed E-state index contributed by atoms with van der Waals surface area (Å²) in [5.74, 6) is 0.733. The lowest BCUT2D eigenvalue weighted by atomic mass is 10.1. The molecule has 0 spiro atoms. The molecular formula is C26H30N4O7. The predicted molar refractivity (Wildman–Crippen MR) is 131 cm³/mol. The molecule has 0 bridgehead atoms. The number of nitrogens with zero attached hydrogens (tertiary/aromatic N) is 3. The van der Waals surface area contributed by atoms with E-state index in [4.69, 9.17) is 14.6 Å². The zero-order valence-electron chi connectivity index (χ0n) is 20.3. The van der Waals surface area contributed by atoms with E-state index in [2.05, 4.69) is 10.3 Å². The van der Waals surface area contributed by atoms with E-state index in [1.165, 1.54) is 17.7 Å². The summed E-state index contributed by atoms with van der Waals surface area (Å²) >= 11 is 0. The first-order valence-electron chi connectivity index (χ1n) is 12.5. The number of ether oxygens (including phenoxy) is 2. The van der Waals surface area contributed by atoms with Crippen molar-refractivity contribution in [1.82, 2.24) is 15.2 Å². The topological polar surface area (TPSA) is 142 Å². The van der Waals surface area contributed by atoms with Crippen LogP contribution in [0.25, 0.3) is 0 Å². The fourth-order valence-corrected chi connectivity index (χ4v) is 4.36. The molecule has 1 aromatic carbocycles. The van der Waals surface area contributed by atoms with Crippen LogP contribution in [0.3, 0.4) is 0 Å². The second-order valence-electron chi connectivity index (χ2n) is 9.61. The van der Waals surface area contributed by atoms with Gasteiger partial charge in [0.15, 0.2) is 6.10 Å². The van der Waals surface area contributed by atoms with Crippen molar-refractivity contribution in [2.45, 2.75) is 38.0 Å². The number of hydrogen-bond acceptors (Lipinski definition) is 8. The van der Waals surface area contributed by atoms with E-state index >= 15 is 0 Å². The number of nitrogens with one attached hydrogen (secondary N) is 1. The molecule has 0 radical (unpaired) electrons. The van der Waals surface area contributed by atoms with Gasteiger partial charge in [-0.3, -0.25) is 14.4 Å². The molecule has 2 aliphatic heterocycles. The molecule has 1 saturated carbocycles. The van der Waals surface area contributed by atoms with E-state index in [0.717, 1.165) is 5.56 Å². The van der Waals surface area contributed by atoms with Crippen molar-refractivity contribution in [2.75, 3.05) is 37.7 Å². The summed E-state index contributed by atoms with van der Waals surface area (Å²) in [6.45, 7) is 0.674. The summed E-state index contributed by atoms with van der Waals surface area (Å²) < 4.78 is 11.5. The Hall–Kier alpha value is -3.70. The third-order valence-electron chi connectivity index (χ3n) is 6.67. The Morgan fingerprint density at radius 1 is 1.19 bits per heavy atom. The molecule has 196 valence electrons. The lowest BCUT2D eigenvalue weighted by Gasteiger charge is -2.18. The summed E-state index contributed by atoms with van der Waals surface area (Å²) in [5, 5.41) is 20.7. The molecule has 3 heterocycles. The highest BCUT2D eigenvalue weighted by Crippen LogP contribution is 2.31. The quantitative estimate of drug-likeness (QED) is 0.396. The maximum Gasteiger partial charge on any atom is 0.268 e. The van der Waals surface area contributed by atoms with Gasteiger partial charge in [-0.15, -0.1) is 0 Å². The van der Waals surface area contributed by atoms with Crippen molar-refractivity contribution in [1.29, 1.82) is 0 Å². The highest BCUT2D eigenvalue weighted by molar-refractivity contribution is 6.03. The Kier molecular flexibility index (Phi) is 7.24. The van der Waals surface area contributed by atoms with Crippen molar-refractivity contribution < 1.29 is 34.1 Å². The van der Waals surface area contributed by atoms with Crippen LogP contribution in [0.4, 0.5) is 5.69 Å². The second kappa shape index (κ2) is 10.7. The van der Waals surface area contributed by atoms with Crippen molar-refractivity contribution in [2.24, 2.45) is 5.92 Å². The summed E-state index contributed by atoms with van der Waals surface area (Å²) in [6.07, 6.45) is 2.75. The lowest BCUT2D eigenvalue weighted by molar-refractivity contribution is -0.123. The molecule has 3 aliphatic rings. The van der Waals surface area contributed by atoms with Gasteiger partial charge in [-0.1, -0.05) is 6.07 Å². The molecule has 1 aliphatic carbocycles. The number of fused-ring (bicyclic) bond motifs is 1. The average Bonchev–Trinajstić information content (AvgIpc) is 3.61. The minimum absolute atomic E-state index is 0.0941. The minimum atomic E-state index is -1.05. The number of benzene rings is 1. The first-order chi connectivity index (χ1) is 17.9. The third-order valence-corrected chi connectivity index (χ3v) is 6.67. The molecule has 11 nitrogen and oxygen atoms in total. The number of carbonyl (C=O) groups is 3. The summed E-state index contributed by atoms with van der Waals surface area (Å²) in [5.41, 5.74) is 1.82. The van der Waals surface area contributed by atoms with Crippen molar-refractivity contribution in [3.8, 4) is 11.6 Å². The molecular weight excluding hydrogens is 480 g/mol. The molecule has 37 heavy (non-hydrogen) atoms. The van der Waals surface area contributed by atoms with Gasteiger partial charge in [0.2, 0.25) is 11.8 Å². The number of hydrogen-bond donors (Lipinski definition) is 3. The van der Waals surface area contributed by atoms with E-state index < -0.39 is 24.7 Å². The second-order valence-corrected chi connectivity index (χ2v) is 9.61. The zero-order valence-corrected chi connectivity index (χ0v) is 20.3. The van der Waals surface area contributed by atoms with Crippen molar-refractivity contribution in [3.05, 3.63) is 47.7 Å². The van der Waals surface area contributed by atoms with Gasteiger partial charge < -0.3 is 34.8 Å². The van der Waals surface area contributed by atoms with Gasteiger partial charge in [0, 0.05) is 43.4 Å². The fourth-order valence-electron chi connectivity index (χ4n) is 4.36. The van der Waals surface area contributed by atoms with Crippen molar-refractivity contribution >= 4 is 23.4 Å². The van der Waals surface area contributed by atoms with Crippen LogP contribution >= 0.6 is 0 Å². The number of aliphatic hydroxyl groups is 2. The first kappa shape index (κ1) is 25.0. The van der Waals surface area contributed by atoms with Crippen LogP contribution in [-0.4, -0.2) is 82.9 Å². The molecule has 2 unspecified atom stereocenters. The van der Waals surface area contributed by atoms with Crippen LogP contribution in [0.2, 0.25) is 0 Å². The van der Waals surface area contributed by atoms with Gasteiger partial charge in [-0.05, 0) is 42.5 Å². The van der Waals surface area contributed by atoms with Gasteiger partial charge in [-0.25, -0.2) is 4.98 Å². The molecule has 1 aromatic heterocycles. The van der Waals surface area contributed by atoms with Crippen LogP contribution in [0, 0.1) is 5.92 Å². The normalized spacial score (nSPS) is 19.7. The summed E-state index contributed by atoms with van der Waals surface area (Å²) in [7, 11) is 0. The van der Waals surface area contributed by atoms with Crippen LogP contribution in [0.1, 0.15) is 35.2 Å². The van der Waals surface area contributed by atoms with Gasteiger partial charge in [0.1, 0.15) is 12.3 Å². The molecule has 3 amide bonds. The summed E-state index contributed by atoms with van der Waals surface area (Å²) in [4.78, 5) is 45.4. The standard InChI is InChI=1S/C26H30N4O7/c31-14-19(32)10-27-23(33)13-29-12-17-3-4-18(9-21(17)25(29)34)30-8-7-22(26(30)35)37-20-5-6-24(28-11-20)36-15-16-1-2-16/h3-6,9,11,16,19,22,31-32H,1-2,7-8,10,12-15H2,(H,27,33). The highest BCUT2D eigenvalue weighted by atomic mass is 16.5. The SMILES string of the molecule is O=C(CN1Cc2ccc(N3CCC(Oc4ccc(OCC5CC5)nc4)C3=O)cc2C1=O)NCC(O)CO. The van der Waals surface area contributed by atoms with E-state index in [1.807, 2.05) is 0 Å². The number of rotatable bonds is 11. The van der Waals surface area contributed by atoms with Crippen molar-refractivity contribution in [3.63, 3.8) is 0 Å². The maximum absolute atomic E-state index is 13.1.